The summed E-state index contributed by atoms with van der Waals surface area (Å²) in [5.74, 6) is 1.16. The number of para-hydroxylation sites is 1. The van der Waals surface area contributed by atoms with Crippen LogP contribution in [0.15, 0.2) is 42.5 Å². The standard InChI is InChI=1S/C18H20ClNO3/c1-3-10-20-18(21)13-8-9-16(22-2)14(11-13)12-23-17-7-5-4-6-15(17)19/h4-9,11H,3,10,12H2,1-2H3,(H,20,21). The van der Waals surface area contributed by atoms with Crippen LogP contribution in [0.5, 0.6) is 11.5 Å². The minimum absolute atomic E-state index is 0.103. The smallest absolute Gasteiger partial charge is 0.251 e. The number of hydrogen-bond acceptors (Lipinski definition) is 3. The van der Waals surface area contributed by atoms with Crippen molar-refractivity contribution in [3.63, 3.8) is 0 Å². The first kappa shape index (κ1) is 17.2. The Morgan fingerprint density at radius 1 is 1.17 bits per heavy atom. The molecule has 1 amide bonds. The minimum atomic E-state index is -0.103. The van der Waals surface area contributed by atoms with Gasteiger partial charge in [-0.1, -0.05) is 30.7 Å². The Labute approximate surface area is 141 Å². The Kier molecular flexibility index (Phi) is 6.29. The number of methoxy groups -OCH3 is 1. The van der Waals surface area contributed by atoms with Crippen molar-refractivity contribution in [1.29, 1.82) is 0 Å². The predicted octanol–water partition coefficient (Wildman–Crippen LogP) is 4.07. The van der Waals surface area contributed by atoms with Crippen molar-refractivity contribution in [1.82, 2.24) is 5.32 Å². The number of rotatable bonds is 7. The summed E-state index contributed by atoms with van der Waals surface area (Å²) in [5.41, 5.74) is 1.37. The van der Waals surface area contributed by atoms with Gasteiger partial charge in [0, 0.05) is 17.7 Å². The van der Waals surface area contributed by atoms with Gasteiger partial charge in [0.1, 0.15) is 18.1 Å². The molecule has 0 unspecified atom stereocenters. The van der Waals surface area contributed by atoms with E-state index >= 15 is 0 Å². The van der Waals surface area contributed by atoms with E-state index in [2.05, 4.69) is 5.32 Å². The van der Waals surface area contributed by atoms with Gasteiger partial charge >= 0.3 is 0 Å². The first-order valence-electron chi connectivity index (χ1n) is 7.48. The van der Waals surface area contributed by atoms with E-state index in [1.165, 1.54) is 0 Å². The average Bonchev–Trinajstić information content (AvgIpc) is 2.58. The molecule has 0 fully saturated rings. The van der Waals surface area contributed by atoms with E-state index < -0.39 is 0 Å². The Balaban J connectivity index is 2.15. The number of ether oxygens (including phenoxy) is 2. The van der Waals surface area contributed by atoms with Crippen LogP contribution in [0.3, 0.4) is 0 Å². The summed E-state index contributed by atoms with van der Waals surface area (Å²) in [6.07, 6.45) is 0.893. The van der Waals surface area contributed by atoms with Crippen molar-refractivity contribution in [2.24, 2.45) is 0 Å². The SMILES string of the molecule is CCCNC(=O)c1ccc(OC)c(COc2ccccc2Cl)c1. The summed E-state index contributed by atoms with van der Waals surface area (Å²) in [5, 5.41) is 3.40. The summed E-state index contributed by atoms with van der Waals surface area (Å²) in [6, 6.07) is 12.5. The van der Waals surface area contributed by atoms with E-state index in [9.17, 15) is 4.79 Å². The lowest BCUT2D eigenvalue weighted by Crippen LogP contribution is -2.24. The Hall–Kier alpha value is -2.20. The largest absolute Gasteiger partial charge is 0.496 e. The van der Waals surface area contributed by atoms with Crippen LogP contribution in [0.25, 0.3) is 0 Å². The van der Waals surface area contributed by atoms with E-state index in [0.717, 1.165) is 12.0 Å². The maximum atomic E-state index is 12.1. The molecule has 2 rings (SSSR count). The maximum Gasteiger partial charge on any atom is 0.251 e. The molecular weight excluding hydrogens is 314 g/mol. The Morgan fingerprint density at radius 3 is 2.65 bits per heavy atom. The van der Waals surface area contributed by atoms with Crippen molar-refractivity contribution >= 4 is 17.5 Å². The van der Waals surface area contributed by atoms with E-state index in [-0.39, 0.29) is 12.5 Å². The third-order valence-corrected chi connectivity index (χ3v) is 3.61. The third-order valence-electron chi connectivity index (χ3n) is 3.30. The van der Waals surface area contributed by atoms with Crippen molar-refractivity contribution in [3.05, 3.63) is 58.6 Å². The molecule has 1 N–H and O–H groups in total. The van der Waals surface area contributed by atoms with Crippen LogP contribution < -0.4 is 14.8 Å². The topological polar surface area (TPSA) is 47.6 Å². The van der Waals surface area contributed by atoms with Crippen molar-refractivity contribution in [3.8, 4) is 11.5 Å². The highest BCUT2D eigenvalue weighted by Crippen LogP contribution is 2.26. The van der Waals surface area contributed by atoms with Gasteiger partial charge in [0.25, 0.3) is 5.91 Å². The lowest BCUT2D eigenvalue weighted by molar-refractivity contribution is 0.0953. The molecule has 0 aliphatic heterocycles. The first-order chi connectivity index (χ1) is 11.2. The zero-order valence-electron chi connectivity index (χ0n) is 13.3. The van der Waals surface area contributed by atoms with Crippen LogP contribution in [0.4, 0.5) is 0 Å². The highest BCUT2D eigenvalue weighted by Gasteiger charge is 2.11. The lowest BCUT2D eigenvalue weighted by Gasteiger charge is -2.13. The molecule has 122 valence electrons. The molecule has 0 aliphatic carbocycles. The van der Waals surface area contributed by atoms with Crippen LogP contribution in [-0.2, 0) is 6.61 Å². The van der Waals surface area contributed by atoms with E-state index in [1.807, 2.05) is 19.1 Å². The van der Waals surface area contributed by atoms with E-state index in [4.69, 9.17) is 21.1 Å². The lowest BCUT2D eigenvalue weighted by atomic mass is 10.1. The molecule has 2 aromatic carbocycles. The predicted molar refractivity (Wildman–Crippen MR) is 91.4 cm³/mol. The second-order valence-corrected chi connectivity index (χ2v) is 5.41. The maximum absolute atomic E-state index is 12.1. The molecule has 0 spiro atoms. The van der Waals surface area contributed by atoms with Crippen molar-refractivity contribution < 1.29 is 14.3 Å². The van der Waals surface area contributed by atoms with Crippen molar-refractivity contribution in [2.75, 3.05) is 13.7 Å². The number of carbonyl (C=O) groups is 1. The molecule has 0 bridgehead atoms. The molecular formula is C18H20ClNO3. The van der Waals surface area contributed by atoms with Gasteiger partial charge in [-0.3, -0.25) is 4.79 Å². The monoisotopic (exact) mass is 333 g/mol. The normalized spacial score (nSPS) is 10.2. The summed E-state index contributed by atoms with van der Waals surface area (Å²) in [7, 11) is 1.59. The van der Waals surface area contributed by atoms with Gasteiger partial charge < -0.3 is 14.8 Å². The molecule has 4 nitrogen and oxygen atoms in total. The third kappa shape index (κ3) is 4.63. The Bertz CT molecular complexity index is 673. The van der Waals surface area contributed by atoms with Crippen LogP contribution in [0, 0.1) is 0 Å². The van der Waals surface area contributed by atoms with Crippen LogP contribution in [0.1, 0.15) is 29.3 Å². The molecule has 0 aliphatic rings. The van der Waals surface area contributed by atoms with Crippen LogP contribution in [-0.4, -0.2) is 19.6 Å². The quantitative estimate of drug-likeness (QED) is 0.831. The fourth-order valence-electron chi connectivity index (χ4n) is 2.09. The average molecular weight is 334 g/mol. The number of hydrogen-bond donors (Lipinski definition) is 1. The van der Waals surface area contributed by atoms with Gasteiger partial charge in [-0.2, -0.15) is 0 Å². The second-order valence-electron chi connectivity index (χ2n) is 5.00. The summed E-state index contributed by atoms with van der Waals surface area (Å²) in [6.45, 7) is 2.93. The second kappa shape index (κ2) is 8.44. The molecule has 5 heteroatoms. The summed E-state index contributed by atoms with van der Waals surface area (Å²) >= 11 is 6.08. The van der Waals surface area contributed by atoms with Crippen molar-refractivity contribution in [2.45, 2.75) is 20.0 Å². The number of carbonyl (C=O) groups excluding carboxylic acids is 1. The molecule has 0 aromatic heterocycles. The number of nitrogens with one attached hydrogen (secondary N) is 1. The van der Waals surface area contributed by atoms with Gasteiger partial charge in [-0.15, -0.1) is 0 Å². The summed E-state index contributed by atoms with van der Waals surface area (Å²) < 4.78 is 11.1. The fourth-order valence-corrected chi connectivity index (χ4v) is 2.28. The van der Waals surface area contributed by atoms with Gasteiger partial charge in [0.15, 0.2) is 0 Å². The van der Waals surface area contributed by atoms with Gasteiger partial charge in [0.05, 0.1) is 12.1 Å². The van der Waals surface area contributed by atoms with E-state index in [0.29, 0.717) is 28.6 Å². The van der Waals surface area contributed by atoms with Gasteiger partial charge in [0.2, 0.25) is 0 Å². The van der Waals surface area contributed by atoms with Crippen LogP contribution >= 0.6 is 11.6 Å². The number of halogens is 1. The first-order valence-corrected chi connectivity index (χ1v) is 7.86. The molecule has 0 saturated carbocycles. The molecule has 0 heterocycles. The van der Waals surface area contributed by atoms with E-state index in [1.54, 1.807) is 37.4 Å². The zero-order chi connectivity index (χ0) is 16.7. The fraction of sp³-hybridized carbons (Fsp3) is 0.278. The molecule has 2 aromatic rings. The summed E-state index contributed by atoms with van der Waals surface area (Å²) in [4.78, 5) is 12.1. The highest BCUT2D eigenvalue weighted by atomic mass is 35.5. The zero-order valence-corrected chi connectivity index (χ0v) is 14.0. The van der Waals surface area contributed by atoms with Crippen LogP contribution in [0.2, 0.25) is 5.02 Å². The Morgan fingerprint density at radius 2 is 1.96 bits per heavy atom. The molecule has 23 heavy (non-hydrogen) atoms. The minimum Gasteiger partial charge on any atom is -0.496 e. The van der Waals surface area contributed by atoms with Gasteiger partial charge in [-0.25, -0.2) is 0 Å². The highest BCUT2D eigenvalue weighted by molar-refractivity contribution is 6.32. The van der Waals surface area contributed by atoms with Gasteiger partial charge in [-0.05, 0) is 36.8 Å². The number of amides is 1. The molecule has 0 saturated heterocycles. The molecule has 0 radical (unpaired) electrons. The number of benzene rings is 2. The molecule has 0 atom stereocenters.